The second-order valence-corrected chi connectivity index (χ2v) is 5.47. The number of benzene rings is 1. The van der Waals surface area contributed by atoms with Gasteiger partial charge in [0.2, 0.25) is 0 Å². The third-order valence-corrected chi connectivity index (χ3v) is 3.70. The molecule has 1 unspecified atom stereocenters. The Morgan fingerprint density at radius 2 is 1.68 bits per heavy atom. The van der Waals surface area contributed by atoms with Gasteiger partial charge in [-0.3, -0.25) is 4.98 Å². The Balaban J connectivity index is 2.39. The van der Waals surface area contributed by atoms with E-state index >= 15 is 0 Å². The van der Waals surface area contributed by atoms with Crippen LogP contribution in [0.3, 0.4) is 0 Å². The van der Waals surface area contributed by atoms with Crippen molar-refractivity contribution in [3.05, 3.63) is 66.0 Å². The quantitative estimate of drug-likeness (QED) is 0.813. The average molecular weight is 254 g/mol. The minimum absolute atomic E-state index is 0.0349. The van der Waals surface area contributed by atoms with Crippen LogP contribution in [0.5, 0.6) is 0 Å². The molecule has 1 aromatic heterocycles. The molecule has 0 bridgehead atoms. The normalized spacial score (nSPS) is 14.3. The van der Waals surface area contributed by atoms with Gasteiger partial charge in [-0.25, -0.2) is 0 Å². The van der Waals surface area contributed by atoms with Crippen LogP contribution in [-0.4, -0.2) is 30.5 Å². The molecule has 0 amide bonds. The van der Waals surface area contributed by atoms with Crippen molar-refractivity contribution in [1.29, 1.82) is 0 Å². The van der Waals surface area contributed by atoms with E-state index in [9.17, 15) is 0 Å². The summed E-state index contributed by atoms with van der Waals surface area (Å²) in [6.45, 7) is 3.33. The Labute approximate surface area is 116 Å². The molecule has 0 radical (unpaired) electrons. The van der Waals surface area contributed by atoms with Gasteiger partial charge in [0.1, 0.15) is 0 Å². The van der Waals surface area contributed by atoms with E-state index in [0.717, 1.165) is 18.7 Å². The summed E-state index contributed by atoms with van der Waals surface area (Å²) < 4.78 is 0. The highest BCUT2D eigenvalue weighted by Crippen LogP contribution is 2.33. The third-order valence-electron chi connectivity index (χ3n) is 3.70. The first kappa shape index (κ1) is 13.8. The molecule has 1 atom stereocenters. The summed E-state index contributed by atoms with van der Waals surface area (Å²) in [6, 6.07) is 16.8. The molecule has 0 spiro atoms. The van der Waals surface area contributed by atoms with E-state index in [4.69, 9.17) is 0 Å². The topological polar surface area (TPSA) is 16.1 Å². The molecule has 0 saturated heterocycles. The minimum Gasteiger partial charge on any atom is -0.309 e. The Morgan fingerprint density at radius 1 is 1.00 bits per heavy atom. The van der Waals surface area contributed by atoms with E-state index < -0.39 is 0 Å². The Bertz CT molecular complexity index is 452. The van der Waals surface area contributed by atoms with Crippen molar-refractivity contribution in [3.8, 4) is 0 Å². The maximum Gasteiger partial charge on any atom is 0.0506 e. The fourth-order valence-corrected chi connectivity index (χ4v) is 2.36. The molecular formula is C17H22N2. The lowest BCUT2D eigenvalue weighted by Gasteiger charge is -2.31. The van der Waals surface area contributed by atoms with Crippen LogP contribution in [0.4, 0.5) is 0 Å². The monoisotopic (exact) mass is 254 g/mol. The van der Waals surface area contributed by atoms with Gasteiger partial charge < -0.3 is 4.90 Å². The van der Waals surface area contributed by atoms with E-state index in [1.807, 2.05) is 12.3 Å². The summed E-state index contributed by atoms with van der Waals surface area (Å²) in [4.78, 5) is 6.81. The molecule has 0 aliphatic heterocycles. The summed E-state index contributed by atoms with van der Waals surface area (Å²) in [5.74, 6) is 0. The molecule has 0 saturated carbocycles. The average Bonchev–Trinajstić information content (AvgIpc) is 2.46. The summed E-state index contributed by atoms with van der Waals surface area (Å²) in [6.07, 6.45) is 2.94. The maximum atomic E-state index is 4.59. The molecule has 100 valence electrons. The molecule has 2 heteroatoms. The van der Waals surface area contributed by atoms with E-state index in [1.165, 1.54) is 5.56 Å². The Kier molecular flexibility index (Phi) is 4.33. The maximum absolute atomic E-state index is 4.59. The van der Waals surface area contributed by atoms with Gasteiger partial charge in [-0.1, -0.05) is 36.4 Å². The first-order valence-electron chi connectivity index (χ1n) is 6.75. The summed E-state index contributed by atoms with van der Waals surface area (Å²) in [7, 11) is 4.23. The zero-order chi connectivity index (χ0) is 13.7. The van der Waals surface area contributed by atoms with E-state index in [-0.39, 0.29) is 5.41 Å². The largest absolute Gasteiger partial charge is 0.309 e. The predicted octanol–water partition coefficient (Wildman–Crippen LogP) is 3.34. The minimum atomic E-state index is -0.0349. The summed E-state index contributed by atoms with van der Waals surface area (Å²) in [5.41, 5.74) is 2.44. The second-order valence-electron chi connectivity index (χ2n) is 5.47. The lowest BCUT2D eigenvalue weighted by atomic mass is 9.76. The van der Waals surface area contributed by atoms with Crippen molar-refractivity contribution in [2.75, 3.05) is 20.6 Å². The Morgan fingerprint density at radius 3 is 2.26 bits per heavy atom. The lowest BCUT2D eigenvalue weighted by molar-refractivity contribution is 0.352. The molecule has 0 N–H and O–H groups in total. The van der Waals surface area contributed by atoms with Crippen molar-refractivity contribution in [2.45, 2.75) is 18.8 Å². The molecular weight excluding hydrogens is 232 g/mol. The molecule has 1 heterocycles. The van der Waals surface area contributed by atoms with Crippen molar-refractivity contribution in [1.82, 2.24) is 9.88 Å². The standard InChI is InChI=1S/C17H22N2/c1-17(12-14-19(2)3,15-9-5-4-6-10-15)16-11-7-8-13-18-16/h4-11,13H,12,14H2,1-3H3. The molecule has 2 nitrogen and oxygen atoms in total. The van der Waals surface area contributed by atoms with Crippen molar-refractivity contribution >= 4 is 0 Å². The van der Waals surface area contributed by atoms with Crippen LogP contribution >= 0.6 is 0 Å². The van der Waals surface area contributed by atoms with Crippen LogP contribution in [0.25, 0.3) is 0 Å². The first-order chi connectivity index (χ1) is 9.13. The van der Waals surface area contributed by atoms with Crippen molar-refractivity contribution < 1.29 is 0 Å². The fourth-order valence-electron chi connectivity index (χ4n) is 2.36. The second kappa shape index (κ2) is 5.98. The molecule has 1 aromatic carbocycles. The molecule has 0 aliphatic rings. The summed E-state index contributed by atoms with van der Waals surface area (Å²) >= 11 is 0. The molecule has 0 aliphatic carbocycles. The molecule has 19 heavy (non-hydrogen) atoms. The van der Waals surface area contributed by atoms with Crippen LogP contribution in [0.15, 0.2) is 54.7 Å². The van der Waals surface area contributed by atoms with Crippen LogP contribution in [0.1, 0.15) is 24.6 Å². The SMILES string of the molecule is CN(C)CCC(C)(c1ccccc1)c1ccccn1. The highest BCUT2D eigenvalue weighted by atomic mass is 15.0. The zero-order valence-electron chi connectivity index (χ0n) is 12.0. The van der Waals surface area contributed by atoms with Crippen molar-refractivity contribution in [3.63, 3.8) is 0 Å². The van der Waals surface area contributed by atoms with Crippen LogP contribution in [0, 0.1) is 0 Å². The van der Waals surface area contributed by atoms with Gasteiger partial charge in [0.25, 0.3) is 0 Å². The number of pyridine rings is 1. The van der Waals surface area contributed by atoms with Crippen LogP contribution in [-0.2, 0) is 5.41 Å². The van der Waals surface area contributed by atoms with E-state index in [1.54, 1.807) is 0 Å². The lowest BCUT2D eigenvalue weighted by Crippen LogP contribution is -2.30. The van der Waals surface area contributed by atoms with Gasteiger partial charge in [-0.15, -0.1) is 0 Å². The number of hydrogen-bond acceptors (Lipinski definition) is 2. The fraction of sp³-hybridized carbons (Fsp3) is 0.353. The van der Waals surface area contributed by atoms with Gasteiger partial charge in [0.05, 0.1) is 5.69 Å². The summed E-state index contributed by atoms with van der Waals surface area (Å²) in [5, 5.41) is 0. The highest BCUT2D eigenvalue weighted by Gasteiger charge is 2.29. The van der Waals surface area contributed by atoms with Gasteiger partial charge in [-0.2, -0.15) is 0 Å². The predicted molar refractivity (Wildman–Crippen MR) is 80.3 cm³/mol. The molecule has 2 aromatic rings. The zero-order valence-corrected chi connectivity index (χ0v) is 12.0. The van der Waals surface area contributed by atoms with Gasteiger partial charge in [-0.05, 0) is 51.7 Å². The van der Waals surface area contributed by atoms with Crippen molar-refractivity contribution in [2.24, 2.45) is 0 Å². The first-order valence-corrected chi connectivity index (χ1v) is 6.75. The van der Waals surface area contributed by atoms with Crippen LogP contribution < -0.4 is 0 Å². The number of rotatable bonds is 5. The third kappa shape index (κ3) is 3.21. The molecule has 2 rings (SSSR count). The van der Waals surface area contributed by atoms with E-state index in [0.29, 0.717) is 0 Å². The number of nitrogens with zero attached hydrogens (tertiary/aromatic N) is 2. The molecule has 0 fully saturated rings. The van der Waals surface area contributed by atoms with E-state index in [2.05, 4.69) is 73.4 Å². The van der Waals surface area contributed by atoms with Crippen LogP contribution in [0.2, 0.25) is 0 Å². The Hall–Kier alpha value is -1.67. The van der Waals surface area contributed by atoms with Gasteiger partial charge >= 0.3 is 0 Å². The highest BCUT2D eigenvalue weighted by molar-refractivity contribution is 5.34. The number of hydrogen-bond donors (Lipinski definition) is 0. The number of aromatic nitrogens is 1. The van der Waals surface area contributed by atoms with Gasteiger partial charge in [0, 0.05) is 11.6 Å². The smallest absolute Gasteiger partial charge is 0.0506 e. The van der Waals surface area contributed by atoms with Gasteiger partial charge in [0.15, 0.2) is 0 Å².